The van der Waals surface area contributed by atoms with Crippen molar-refractivity contribution in [2.45, 2.75) is 70.4 Å². The fraction of sp³-hybridized carbons (Fsp3) is 0.708. The number of likely N-dealkylation sites (tertiary alicyclic amines) is 1. The molecule has 2 aliphatic carbocycles. The van der Waals surface area contributed by atoms with Crippen LogP contribution >= 0.6 is 0 Å². The third-order valence-electron chi connectivity index (χ3n) is 6.71. The number of hydrogen-bond donors (Lipinski definition) is 0. The first kappa shape index (κ1) is 19.8. The predicted octanol–water partition coefficient (Wildman–Crippen LogP) is 4.48. The fourth-order valence-corrected chi connectivity index (χ4v) is 4.94. The third kappa shape index (κ3) is 5.50. The van der Waals surface area contributed by atoms with Crippen molar-refractivity contribution >= 4 is 5.91 Å². The van der Waals surface area contributed by atoms with Crippen LogP contribution in [0.3, 0.4) is 0 Å². The van der Waals surface area contributed by atoms with Gasteiger partial charge in [0, 0.05) is 31.5 Å². The van der Waals surface area contributed by atoms with Crippen LogP contribution in [0.2, 0.25) is 0 Å². The van der Waals surface area contributed by atoms with Crippen LogP contribution in [0.4, 0.5) is 0 Å². The molecule has 4 heteroatoms. The molecule has 154 valence electrons. The average molecular weight is 385 g/mol. The highest BCUT2D eigenvalue weighted by molar-refractivity contribution is 5.77. The molecule has 1 aliphatic heterocycles. The van der Waals surface area contributed by atoms with Gasteiger partial charge in [0.25, 0.3) is 0 Å². The number of hydrogen-bond acceptors (Lipinski definition) is 3. The quantitative estimate of drug-likeness (QED) is 0.662. The molecular formula is C24H36N2O2. The first-order valence-corrected chi connectivity index (χ1v) is 11.4. The minimum atomic E-state index is 0.367. The van der Waals surface area contributed by atoms with E-state index in [0.717, 1.165) is 31.9 Å². The molecule has 2 saturated carbocycles. The second kappa shape index (κ2) is 9.30. The second-order valence-corrected chi connectivity index (χ2v) is 9.34. The summed E-state index contributed by atoms with van der Waals surface area (Å²) in [5.74, 6) is 2.56. The molecular weight excluding hydrogens is 348 g/mol. The Hall–Kier alpha value is -1.55. The highest BCUT2D eigenvalue weighted by atomic mass is 16.5. The van der Waals surface area contributed by atoms with Crippen molar-refractivity contribution in [2.75, 3.05) is 26.7 Å². The Balaban J connectivity index is 1.32. The maximum atomic E-state index is 12.9. The van der Waals surface area contributed by atoms with Gasteiger partial charge < -0.3 is 14.5 Å². The van der Waals surface area contributed by atoms with Crippen molar-refractivity contribution in [1.29, 1.82) is 0 Å². The lowest BCUT2D eigenvalue weighted by molar-refractivity contribution is -0.133. The van der Waals surface area contributed by atoms with Crippen LogP contribution in [0.25, 0.3) is 0 Å². The van der Waals surface area contributed by atoms with Gasteiger partial charge in [-0.2, -0.15) is 0 Å². The van der Waals surface area contributed by atoms with E-state index in [1.807, 2.05) is 0 Å². The van der Waals surface area contributed by atoms with Gasteiger partial charge in [0.05, 0.1) is 6.61 Å². The molecule has 1 heterocycles. The van der Waals surface area contributed by atoms with Crippen LogP contribution in [0.5, 0.6) is 5.75 Å². The van der Waals surface area contributed by atoms with Crippen molar-refractivity contribution in [2.24, 2.45) is 11.8 Å². The Bertz CT molecular complexity index is 652. The van der Waals surface area contributed by atoms with Gasteiger partial charge in [-0.3, -0.25) is 4.79 Å². The Morgan fingerprint density at radius 3 is 2.64 bits per heavy atom. The normalized spacial score (nSPS) is 23.7. The molecule has 0 spiro atoms. The van der Waals surface area contributed by atoms with E-state index in [1.54, 1.807) is 0 Å². The van der Waals surface area contributed by atoms with E-state index in [0.29, 0.717) is 23.8 Å². The molecule has 28 heavy (non-hydrogen) atoms. The van der Waals surface area contributed by atoms with Crippen molar-refractivity contribution in [3.8, 4) is 5.75 Å². The number of benzene rings is 1. The minimum absolute atomic E-state index is 0.367. The Morgan fingerprint density at radius 2 is 1.89 bits per heavy atom. The average Bonchev–Trinajstić information content (AvgIpc) is 3.41. The summed E-state index contributed by atoms with van der Waals surface area (Å²) in [4.78, 5) is 17.5. The summed E-state index contributed by atoms with van der Waals surface area (Å²) in [6.45, 7) is 3.86. The summed E-state index contributed by atoms with van der Waals surface area (Å²) >= 11 is 0. The molecule has 3 fully saturated rings. The predicted molar refractivity (Wildman–Crippen MR) is 112 cm³/mol. The number of rotatable bonds is 8. The van der Waals surface area contributed by atoms with Crippen LogP contribution in [0.15, 0.2) is 24.3 Å². The molecule has 4 nitrogen and oxygen atoms in total. The molecule has 4 rings (SSSR count). The van der Waals surface area contributed by atoms with Crippen molar-refractivity contribution in [1.82, 2.24) is 9.80 Å². The molecule has 1 saturated heterocycles. The number of piperidine rings is 1. The number of carbonyl (C=O) groups is 1. The van der Waals surface area contributed by atoms with Gasteiger partial charge in [-0.25, -0.2) is 0 Å². The smallest absolute Gasteiger partial charge is 0.223 e. The van der Waals surface area contributed by atoms with Crippen LogP contribution in [-0.4, -0.2) is 48.5 Å². The van der Waals surface area contributed by atoms with E-state index in [-0.39, 0.29) is 0 Å². The number of nitrogens with zero attached hydrogens (tertiary/aromatic N) is 2. The molecule has 0 bridgehead atoms. The highest BCUT2D eigenvalue weighted by Crippen LogP contribution is 2.33. The Labute approximate surface area is 170 Å². The standard InChI is InChI=1S/C24H36N2O2/c1-25-13-5-9-21(16-25)18-28-23-10-4-8-20(14-23)17-26(22-11-12-22)24(27)15-19-6-2-3-7-19/h4,8,10,14,19,21-22H,2-3,5-7,9,11-13,15-18H2,1H3/t21-/m1/s1. The lowest BCUT2D eigenvalue weighted by atomic mass is 9.99. The molecule has 0 unspecified atom stereocenters. The van der Waals surface area contributed by atoms with Gasteiger partial charge in [-0.05, 0) is 75.7 Å². The second-order valence-electron chi connectivity index (χ2n) is 9.34. The Morgan fingerprint density at radius 1 is 1.11 bits per heavy atom. The topological polar surface area (TPSA) is 32.8 Å². The van der Waals surface area contributed by atoms with E-state index in [1.165, 1.54) is 63.5 Å². The van der Waals surface area contributed by atoms with E-state index in [2.05, 4.69) is 41.1 Å². The lowest BCUT2D eigenvalue weighted by Gasteiger charge is -2.29. The number of amides is 1. The summed E-state index contributed by atoms with van der Waals surface area (Å²) in [7, 11) is 2.20. The lowest BCUT2D eigenvalue weighted by Crippen LogP contribution is -2.34. The SMILES string of the molecule is CN1CCC[C@@H](COc2cccc(CN(C(=O)CC3CCCC3)C3CC3)c2)C1. The fourth-order valence-electron chi connectivity index (χ4n) is 4.94. The van der Waals surface area contributed by atoms with Crippen LogP contribution in [0.1, 0.15) is 63.4 Å². The third-order valence-corrected chi connectivity index (χ3v) is 6.71. The molecule has 0 N–H and O–H groups in total. The van der Waals surface area contributed by atoms with E-state index in [9.17, 15) is 4.79 Å². The van der Waals surface area contributed by atoms with Gasteiger partial charge in [0.15, 0.2) is 0 Å². The summed E-state index contributed by atoms with van der Waals surface area (Å²) in [5.41, 5.74) is 1.20. The van der Waals surface area contributed by atoms with Crippen LogP contribution in [0, 0.1) is 11.8 Å². The van der Waals surface area contributed by atoms with Gasteiger partial charge >= 0.3 is 0 Å². The van der Waals surface area contributed by atoms with Crippen LogP contribution < -0.4 is 4.74 Å². The Kier molecular flexibility index (Phi) is 6.56. The van der Waals surface area contributed by atoms with Gasteiger partial charge in [0.1, 0.15) is 5.75 Å². The number of carbonyl (C=O) groups excluding carboxylic acids is 1. The summed E-state index contributed by atoms with van der Waals surface area (Å²) < 4.78 is 6.13. The zero-order chi connectivity index (χ0) is 19.3. The first-order chi connectivity index (χ1) is 13.7. The molecule has 1 atom stereocenters. The molecule has 1 aromatic carbocycles. The number of ether oxygens (including phenoxy) is 1. The summed E-state index contributed by atoms with van der Waals surface area (Å²) in [6, 6.07) is 8.88. The zero-order valence-electron chi connectivity index (χ0n) is 17.4. The van der Waals surface area contributed by atoms with E-state index < -0.39 is 0 Å². The molecule has 1 aromatic rings. The van der Waals surface area contributed by atoms with Crippen molar-refractivity contribution in [3.63, 3.8) is 0 Å². The maximum absolute atomic E-state index is 12.9. The molecule has 1 amide bonds. The van der Waals surface area contributed by atoms with Gasteiger partial charge in [-0.15, -0.1) is 0 Å². The molecule has 0 aromatic heterocycles. The largest absolute Gasteiger partial charge is 0.493 e. The molecule has 3 aliphatic rings. The van der Waals surface area contributed by atoms with Crippen molar-refractivity contribution < 1.29 is 9.53 Å². The zero-order valence-corrected chi connectivity index (χ0v) is 17.4. The summed E-state index contributed by atoms with van der Waals surface area (Å²) in [5, 5.41) is 0. The maximum Gasteiger partial charge on any atom is 0.223 e. The highest BCUT2D eigenvalue weighted by Gasteiger charge is 2.33. The van der Waals surface area contributed by atoms with Crippen LogP contribution in [-0.2, 0) is 11.3 Å². The summed E-state index contributed by atoms with van der Waals surface area (Å²) in [6.07, 6.45) is 10.7. The van der Waals surface area contributed by atoms with E-state index >= 15 is 0 Å². The first-order valence-electron chi connectivity index (χ1n) is 11.4. The van der Waals surface area contributed by atoms with E-state index in [4.69, 9.17) is 4.74 Å². The minimum Gasteiger partial charge on any atom is -0.493 e. The van der Waals surface area contributed by atoms with Gasteiger partial charge in [-0.1, -0.05) is 25.0 Å². The molecule has 0 radical (unpaired) electrons. The van der Waals surface area contributed by atoms with Gasteiger partial charge in [0.2, 0.25) is 5.91 Å². The monoisotopic (exact) mass is 384 g/mol. The van der Waals surface area contributed by atoms with Crippen molar-refractivity contribution in [3.05, 3.63) is 29.8 Å².